The maximum absolute atomic E-state index is 13.2. The monoisotopic (exact) mass is 236 g/mol. The molecule has 0 amide bonds. The van der Waals surface area contributed by atoms with Gasteiger partial charge in [-0.3, -0.25) is 0 Å². The molecule has 78 valence electrons. The Morgan fingerprint density at radius 3 is 2.14 bits per heavy atom. The Kier molecular flexibility index (Phi) is 3.28. The zero-order valence-corrected chi connectivity index (χ0v) is 9.67. The molecule has 4 heteroatoms. The summed E-state index contributed by atoms with van der Waals surface area (Å²) in [7, 11) is 0. The zero-order valence-electron chi connectivity index (χ0n) is 8.16. The quantitative estimate of drug-likeness (QED) is 0.723. The smallest absolute Gasteiger partial charge is 0.185 e. The van der Waals surface area contributed by atoms with Gasteiger partial charge in [0.1, 0.15) is 0 Å². The third kappa shape index (κ3) is 1.69. The maximum atomic E-state index is 13.2. The fourth-order valence-electron chi connectivity index (χ4n) is 1.46. The SMILES string of the molecule is Cc1c(O)c(F)c(Cl)c(Cl)c1C(C)C. The molecule has 1 rings (SSSR count). The molecule has 1 aromatic carbocycles. The summed E-state index contributed by atoms with van der Waals surface area (Å²) in [5.74, 6) is -1.17. The van der Waals surface area contributed by atoms with Gasteiger partial charge in [-0.25, -0.2) is 4.39 Å². The highest BCUT2D eigenvalue weighted by atomic mass is 35.5. The van der Waals surface area contributed by atoms with Crippen molar-refractivity contribution in [2.24, 2.45) is 0 Å². The van der Waals surface area contributed by atoms with Crippen LogP contribution in [0.1, 0.15) is 30.9 Å². The number of benzene rings is 1. The van der Waals surface area contributed by atoms with Crippen LogP contribution in [0.15, 0.2) is 0 Å². The fourth-order valence-corrected chi connectivity index (χ4v) is 2.10. The van der Waals surface area contributed by atoms with Crippen molar-refractivity contribution in [3.8, 4) is 5.75 Å². The van der Waals surface area contributed by atoms with Gasteiger partial charge in [0.25, 0.3) is 0 Å². The van der Waals surface area contributed by atoms with E-state index in [9.17, 15) is 9.50 Å². The Labute approximate surface area is 92.5 Å². The second-order valence-electron chi connectivity index (χ2n) is 3.48. The lowest BCUT2D eigenvalue weighted by atomic mass is 9.97. The molecule has 0 atom stereocenters. The predicted octanol–water partition coefficient (Wildman–Crippen LogP) is 4.27. The third-order valence-corrected chi connectivity index (χ3v) is 3.01. The van der Waals surface area contributed by atoms with Gasteiger partial charge in [0.15, 0.2) is 11.6 Å². The minimum Gasteiger partial charge on any atom is -0.505 e. The van der Waals surface area contributed by atoms with Crippen molar-refractivity contribution in [1.82, 2.24) is 0 Å². The second-order valence-corrected chi connectivity index (χ2v) is 4.24. The Bertz CT molecular complexity index is 346. The highest BCUT2D eigenvalue weighted by Gasteiger charge is 2.20. The highest BCUT2D eigenvalue weighted by Crippen LogP contribution is 2.40. The number of halogens is 3. The largest absolute Gasteiger partial charge is 0.505 e. The normalized spacial score (nSPS) is 11.1. The molecule has 0 aliphatic rings. The molecule has 0 aliphatic heterocycles. The van der Waals surface area contributed by atoms with Gasteiger partial charge in [-0.15, -0.1) is 0 Å². The Balaban J connectivity index is 3.60. The lowest BCUT2D eigenvalue weighted by Gasteiger charge is -2.15. The van der Waals surface area contributed by atoms with E-state index in [-0.39, 0.29) is 16.0 Å². The lowest BCUT2D eigenvalue weighted by molar-refractivity contribution is 0.427. The lowest BCUT2D eigenvalue weighted by Crippen LogP contribution is -1.97. The van der Waals surface area contributed by atoms with E-state index in [1.807, 2.05) is 13.8 Å². The third-order valence-electron chi connectivity index (χ3n) is 2.17. The van der Waals surface area contributed by atoms with Crippen LogP contribution in [0.4, 0.5) is 4.39 Å². The topological polar surface area (TPSA) is 20.2 Å². The number of hydrogen-bond donors (Lipinski definition) is 1. The van der Waals surface area contributed by atoms with Crippen molar-refractivity contribution in [2.45, 2.75) is 26.7 Å². The molecular formula is C10H11Cl2FO. The van der Waals surface area contributed by atoms with Gasteiger partial charge in [-0.1, -0.05) is 37.0 Å². The van der Waals surface area contributed by atoms with Gasteiger partial charge >= 0.3 is 0 Å². The van der Waals surface area contributed by atoms with E-state index in [0.717, 1.165) is 0 Å². The average molecular weight is 237 g/mol. The molecular weight excluding hydrogens is 226 g/mol. The van der Waals surface area contributed by atoms with Gasteiger partial charge in [0.2, 0.25) is 0 Å². The fraction of sp³-hybridized carbons (Fsp3) is 0.400. The van der Waals surface area contributed by atoms with Crippen LogP contribution in [0.5, 0.6) is 5.75 Å². The first kappa shape index (κ1) is 11.6. The van der Waals surface area contributed by atoms with Crippen molar-refractivity contribution in [3.63, 3.8) is 0 Å². The summed E-state index contributed by atoms with van der Waals surface area (Å²) in [6, 6.07) is 0. The van der Waals surface area contributed by atoms with Crippen LogP contribution in [0, 0.1) is 12.7 Å². The van der Waals surface area contributed by atoms with E-state index in [2.05, 4.69) is 0 Å². The van der Waals surface area contributed by atoms with Crippen LogP contribution in [0.25, 0.3) is 0 Å². The molecule has 0 saturated carbocycles. The molecule has 1 aromatic rings. The molecule has 0 radical (unpaired) electrons. The summed E-state index contributed by atoms with van der Waals surface area (Å²) in [4.78, 5) is 0. The van der Waals surface area contributed by atoms with Crippen molar-refractivity contribution in [2.75, 3.05) is 0 Å². The van der Waals surface area contributed by atoms with Crippen LogP contribution < -0.4 is 0 Å². The van der Waals surface area contributed by atoms with Gasteiger partial charge in [-0.05, 0) is 24.0 Å². The van der Waals surface area contributed by atoms with E-state index in [1.165, 1.54) is 0 Å². The van der Waals surface area contributed by atoms with Crippen molar-refractivity contribution in [3.05, 3.63) is 27.0 Å². The number of phenols is 1. The zero-order chi connectivity index (χ0) is 11.0. The predicted molar refractivity (Wildman–Crippen MR) is 56.9 cm³/mol. The standard InChI is InChI=1S/C10H11Cl2FO/c1-4(2)6-5(3)10(14)9(13)8(12)7(6)11/h4,14H,1-3H3. The number of aromatic hydroxyl groups is 1. The summed E-state index contributed by atoms with van der Waals surface area (Å²) < 4.78 is 13.2. The minimum absolute atomic E-state index is 0.0894. The first-order valence-corrected chi connectivity index (χ1v) is 4.99. The van der Waals surface area contributed by atoms with Crippen LogP contribution >= 0.6 is 23.2 Å². The average Bonchev–Trinajstić information content (AvgIpc) is 2.11. The Morgan fingerprint density at radius 2 is 1.71 bits per heavy atom. The van der Waals surface area contributed by atoms with Crippen LogP contribution in [0.2, 0.25) is 10.0 Å². The summed E-state index contributed by atoms with van der Waals surface area (Å²) >= 11 is 11.5. The van der Waals surface area contributed by atoms with E-state index < -0.39 is 11.6 Å². The van der Waals surface area contributed by atoms with Crippen LogP contribution in [-0.2, 0) is 0 Å². The summed E-state index contributed by atoms with van der Waals surface area (Å²) in [5, 5.41) is 9.40. The Hall–Kier alpha value is -0.470. The first-order valence-electron chi connectivity index (χ1n) is 4.23. The molecule has 0 bridgehead atoms. The number of phenolic OH excluding ortho intramolecular Hbond substituents is 1. The van der Waals surface area contributed by atoms with Gasteiger partial charge < -0.3 is 5.11 Å². The second kappa shape index (κ2) is 3.95. The molecule has 0 unspecified atom stereocenters. The number of hydrogen-bond acceptors (Lipinski definition) is 1. The van der Waals surface area contributed by atoms with E-state index in [4.69, 9.17) is 23.2 Å². The summed E-state index contributed by atoms with van der Waals surface area (Å²) in [5.41, 5.74) is 1.14. The molecule has 14 heavy (non-hydrogen) atoms. The molecule has 1 nitrogen and oxygen atoms in total. The van der Waals surface area contributed by atoms with Gasteiger partial charge in [0.05, 0.1) is 10.0 Å². The van der Waals surface area contributed by atoms with E-state index in [0.29, 0.717) is 11.1 Å². The molecule has 0 fully saturated rings. The molecule has 0 heterocycles. The van der Waals surface area contributed by atoms with Gasteiger partial charge in [-0.2, -0.15) is 0 Å². The first-order chi connectivity index (χ1) is 6.37. The van der Waals surface area contributed by atoms with E-state index >= 15 is 0 Å². The molecule has 0 aliphatic carbocycles. The molecule has 0 aromatic heterocycles. The Morgan fingerprint density at radius 1 is 1.21 bits per heavy atom. The molecule has 0 saturated heterocycles. The van der Waals surface area contributed by atoms with Crippen LogP contribution in [0.3, 0.4) is 0 Å². The highest BCUT2D eigenvalue weighted by molar-refractivity contribution is 6.42. The van der Waals surface area contributed by atoms with Gasteiger partial charge in [0, 0.05) is 0 Å². The summed E-state index contributed by atoms with van der Waals surface area (Å²) in [6.45, 7) is 5.43. The van der Waals surface area contributed by atoms with E-state index in [1.54, 1.807) is 6.92 Å². The minimum atomic E-state index is -0.849. The maximum Gasteiger partial charge on any atom is 0.185 e. The van der Waals surface area contributed by atoms with Crippen LogP contribution in [-0.4, -0.2) is 5.11 Å². The number of rotatable bonds is 1. The summed E-state index contributed by atoms with van der Waals surface area (Å²) in [6.07, 6.45) is 0. The molecule has 0 spiro atoms. The van der Waals surface area contributed by atoms with Crippen molar-refractivity contribution < 1.29 is 9.50 Å². The van der Waals surface area contributed by atoms with Crippen molar-refractivity contribution >= 4 is 23.2 Å². The van der Waals surface area contributed by atoms with Crippen molar-refractivity contribution in [1.29, 1.82) is 0 Å². The molecule has 1 N–H and O–H groups in total.